The third kappa shape index (κ3) is 8.21. The van der Waals surface area contributed by atoms with Gasteiger partial charge < -0.3 is 15.0 Å². The Labute approximate surface area is 224 Å². The van der Waals surface area contributed by atoms with Gasteiger partial charge in [-0.3, -0.25) is 14.9 Å². The van der Waals surface area contributed by atoms with Crippen LogP contribution in [0, 0.1) is 19.3 Å². The lowest BCUT2D eigenvalue weighted by Crippen LogP contribution is -2.32. The van der Waals surface area contributed by atoms with Crippen LogP contribution in [0.1, 0.15) is 117 Å². The lowest BCUT2D eigenvalue weighted by Gasteiger charge is -2.28. The molecule has 0 unspecified atom stereocenters. The van der Waals surface area contributed by atoms with E-state index in [4.69, 9.17) is 4.74 Å². The molecule has 1 aliphatic rings. The Morgan fingerprint density at radius 2 is 1.46 bits per heavy atom. The van der Waals surface area contributed by atoms with E-state index in [1.807, 2.05) is 27.7 Å². The summed E-state index contributed by atoms with van der Waals surface area (Å²) in [4.78, 5) is 40.3. The number of fused-ring (bicyclic) bond motifs is 1. The summed E-state index contributed by atoms with van der Waals surface area (Å²) in [5.74, 6) is -0.119. The number of anilines is 3. The van der Waals surface area contributed by atoms with Crippen LogP contribution in [-0.4, -0.2) is 30.1 Å². The van der Waals surface area contributed by atoms with Crippen LogP contribution < -0.4 is 15.5 Å². The number of hydrogen-bond acceptors (Lipinski definition) is 4. The van der Waals surface area contributed by atoms with Crippen molar-refractivity contribution in [1.82, 2.24) is 0 Å². The van der Waals surface area contributed by atoms with E-state index in [1.54, 1.807) is 25.7 Å². The number of amides is 3. The molecule has 0 saturated heterocycles. The molecule has 0 aromatic heterocycles. The van der Waals surface area contributed by atoms with Gasteiger partial charge in [-0.05, 0) is 64.2 Å². The second kappa shape index (κ2) is 12.8. The Morgan fingerprint density at radius 1 is 0.865 bits per heavy atom. The highest BCUT2D eigenvalue weighted by atomic mass is 16.6. The number of benzene rings is 1. The summed E-state index contributed by atoms with van der Waals surface area (Å²) in [7, 11) is 0. The highest BCUT2D eigenvalue weighted by Gasteiger charge is 2.34. The normalized spacial score (nSPS) is 13.4. The first-order valence-electron chi connectivity index (χ1n) is 13.9. The van der Waals surface area contributed by atoms with Crippen LogP contribution in [0.4, 0.5) is 21.9 Å². The van der Waals surface area contributed by atoms with Crippen molar-refractivity contribution >= 4 is 35.0 Å². The van der Waals surface area contributed by atoms with Gasteiger partial charge >= 0.3 is 6.09 Å². The molecule has 0 radical (unpaired) electrons. The van der Waals surface area contributed by atoms with Crippen LogP contribution in [-0.2, 0) is 20.7 Å². The number of nitrogens with one attached hydrogen (secondary N) is 2. The molecule has 0 aliphatic carbocycles. The minimum absolute atomic E-state index is 0.0331. The Morgan fingerprint density at radius 3 is 2.03 bits per heavy atom. The fraction of sp³-hybridized carbons (Fsp3) is 0.700. The fourth-order valence-electron chi connectivity index (χ4n) is 4.98. The van der Waals surface area contributed by atoms with Gasteiger partial charge in [-0.25, -0.2) is 4.79 Å². The van der Waals surface area contributed by atoms with E-state index < -0.39 is 17.1 Å². The molecule has 1 aromatic carbocycles. The van der Waals surface area contributed by atoms with Crippen molar-refractivity contribution in [3.05, 3.63) is 16.7 Å². The lowest BCUT2D eigenvalue weighted by molar-refractivity contribution is -0.124. The van der Waals surface area contributed by atoms with Gasteiger partial charge in [-0.2, -0.15) is 0 Å². The smallest absolute Gasteiger partial charge is 0.412 e. The summed E-state index contributed by atoms with van der Waals surface area (Å²) < 4.78 is 5.50. The summed E-state index contributed by atoms with van der Waals surface area (Å²) in [6, 6.07) is 0. The molecule has 0 saturated carbocycles. The van der Waals surface area contributed by atoms with Crippen molar-refractivity contribution in [2.24, 2.45) is 5.41 Å². The van der Waals surface area contributed by atoms with E-state index >= 15 is 0 Å². The molecule has 1 aliphatic heterocycles. The molecule has 2 N–H and O–H groups in total. The van der Waals surface area contributed by atoms with Crippen molar-refractivity contribution in [2.45, 2.75) is 126 Å². The number of unbranched alkanes of at least 4 members (excludes halogenated alkanes) is 6. The minimum atomic E-state index is -0.664. The molecule has 0 bridgehead atoms. The van der Waals surface area contributed by atoms with Crippen LogP contribution in [0.3, 0.4) is 0 Å². The average Bonchev–Trinajstić information content (AvgIpc) is 3.23. The predicted molar refractivity (Wildman–Crippen MR) is 153 cm³/mol. The quantitative estimate of drug-likeness (QED) is 0.296. The van der Waals surface area contributed by atoms with E-state index in [0.29, 0.717) is 30.0 Å². The van der Waals surface area contributed by atoms with Crippen LogP contribution in [0.5, 0.6) is 0 Å². The number of hydrogen-bond donors (Lipinski definition) is 2. The first kappa shape index (κ1) is 30.7. The van der Waals surface area contributed by atoms with E-state index in [2.05, 4.69) is 17.6 Å². The molecule has 0 spiro atoms. The van der Waals surface area contributed by atoms with Gasteiger partial charge in [-0.1, -0.05) is 65.7 Å². The second-order valence-electron chi connectivity index (χ2n) is 12.1. The second-order valence-corrected chi connectivity index (χ2v) is 12.1. The third-order valence-corrected chi connectivity index (χ3v) is 7.22. The number of nitrogens with zero attached hydrogens (tertiary/aromatic N) is 1. The maximum atomic E-state index is 13.4. The lowest BCUT2D eigenvalue weighted by atomic mass is 9.85. The SMILES string of the molecule is CCCCCCCCCC(C)(C)C(=O)Nc1c(C)c2c(c(NC(=O)OC(C)(C)C)c1C)N(C(C)=O)CC2. The fourth-order valence-corrected chi connectivity index (χ4v) is 4.98. The Kier molecular flexibility index (Phi) is 10.6. The van der Waals surface area contributed by atoms with Crippen LogP contribution in [0.15, 0.2) is 0 Å². The number of carbonyl (C=O) groups excluding carboxylic acids is 3. The largest absolute Gasteiger partial charge is 0.444 e. The summed E-state index contributed by atoms with van der Waals surface area (Å²) in [6.45, 7) is 17.5. The van der Waals surface area contributed by atoms with Crippen LogP contribution >= 0.6 is 0 Å². The van der Waals surface area contributed by atoms with Gasteiger partial charge in [0.15, 0.2) is 0 Å². The first-order chi connectivity index (χ1) is 17.2. The molecule has 208 valence electrons. The monoisotopic (exact) mass is 515 g/mol. The van der Waals surface area contributed by atoms with E-state index in [-0.39, 0.29) is 11.8 Å². The zero-order valence-corrected chi connectivity index (χ0v) is 24.7. The summed E-state index contributed by atoms with van der Waals surface area (Å²) in [5, 5.41) is 6.08. The molecule has 0 fully saturated rings. The summed E-state index contributed by atoms with van der Waals surface area (Å²) >= 11 is 0. The highest BCUT2D eigenvalue weighted by molar-refractivity contribution is 6.06. The Bertz CT molecular complexity index is 992. The van der Waals surface area contributed by atoms with Crippen molar-refractivity contribution in [3.63, 3.8) is 0 Å². The van der Waals surface area contributed by atoms with Gasteiger partial charge in [0.2, 0.25) is 11.8 Å². The van der Waals surface area contributed by atoms with Crippen LogP contribution in [0.2, 0.25) is 0 Å². The Balaban J connectivity index is 2.28. The highest BCUT2D eigenvalue weighted by Crippen LogP contribution is 2.45. The number of rotatable bonds is 11. The molecule has 2 rings (SSSR count). The topological polar surface area (TPSA) is 87.7 Å². The van der Waals surface area contributed by atoms with Gasteiger partial charge in [0.1, 0.15) is 5.60 Å². The maximum absolute atomic E-state index is 13.4. The molecule has 1 heterocycles. The summed E-state index contributed by atoms with van der Waals surface area (Å²) in [6.07, 6.45) is 9.36. The standard InChI is InChI=1S/C30H49N3O4/c1-10-11-12-13-14-15-16-18-30(8,9)27(35)31-24-20(2)23-17-19-33(22(4)34)26(23)25(21(24)3)32-28(36)37-29(5,6)7/h10-19H2,1-9H3,(H,31,35)(H,32,36). The Hall–Kier alpha value is -2.57. The summed E-state index contributed by atoms with van der Waals surface area (Å²) in [5.41, 5.74) is 3.35. The van der Waals surface area contributed by atoms with E-state index in [0.717, 1.165) is 36.0 Å². The number of carbonyl (C=O) groups is 3. The molecule has 7 heteroatoms. The van der Waals surface area contributed by atoms with Crippen molar-refractivity contribution < 1.29 is 19.1 Å². The number of ether oxygens (including phenoxy) is 1. The minimum Gasteiger partial charge on any atom is -0.444 e. The van der Waals surface area contributed by atoms with E-state index in [9.17, 15) is 14.4 Å². The third-order valence-electron chi connectivity index (χ3n) is 7.22. The zero-order chi connectivity index (χ0) is 28.0. The van der Waals surface area contributed by atoms with Gasteiger partial charge in [-0.15, -0.1) is 0 Å². The average molecular weight is 516 g/mol. The van der Waals surface area contributed by atoms with Gasteiger partial charge in [0, 0.05) is 24.6 Å². The molecule has 0 atom stereocenters. The van der Waals surface area contributed by atoms with Crippen molar-refractivity contribution in [2.75, 3.05) is 22.1 Å². The van der Waals surface area contributed by atoms with Crippen molar-refractivity contribution in [3.8, 4) is 0 Å². The molecule has 37 heavy (non-hydrogen) atoms. The van der Waals surface area contributed by atoms with Gasteiger partial charge in [0.25, 0.3) is 0 Å². The molecule has 1 aromatic rings. The maximum Gasteiger partial charge on any atom is 0.412 e. The molecular weight excluding hydrogens is 466 g/mol. The molecular formula is C30H49N3O4. The van der Waals surface area contributed by atoms with Crippen molar-refractivity contribution in [1.29, 1.82) is 0 Å². The van der Waals surface area contributed by atoms with Crippen LogP contribution in [0.25, 0.3) is 0 Å². The van der Waals surface area contributed by atoms with Gasteiger partial charge in [0.05, 0.1) is 11.4 Å². The first-order valence-corrected chi connectivity index (χ1v) is 13.9. The zero-order valence-electron chi connectivity index (χ0n) is 24.7. The molecule has 7 nitrogen and oxygen atoms in total. The van der Waals surface area contributed by atoms with E-state index in [1.165, 1.54) is 39.0 Å². The predicted octanol–water partition coefficient (Wildman–Crippen LogP) is 7.66. The molecule has 3 amide bonds.